The highest BCUT2D eigenvalue weighted by molar-refractivity contribution is 4.88. The topological polar surface area (TPSA) is 26.0 Å². The first-order chi connectivity index (χ1) is 4.69. The molecule has 1 unspecified atom stereocenters. The van der Waals surface area contributed by atoms with Crippen LogP contribution >= 0.6 is 0 Å². The van der Waals surface area contributed by atoms with E-state index in [0.29, 0.717) is 11.5 Å². The van der Waals surface area contributed by atoms with Crippen molar-refractivity contribution >= 4 is 0 Å². The predicted octanol–water partition coefficient (Wildman–Crippen LogP) is 2.30. The second-order valence-corrected chi connectivity index (χ2v) is 3.88. The molecule has 60 valence electrons. The van der Waals surface area contributed by atoms with E-state index in [9.17, 15) is 0 Å². The van der Waals surface area contributed by atoms with E-state index in [4.69, 9.17) is 5.73 Å². The molecule has 1 aliphatic rings. The lowest BCUT2D eigenvalue weighted by atomic mass is 9.80. The Morgan fingerprint density at radius 2 is 1.90 bits per heavy atom. The second-order valence-electron chi connectivity index (χ2n) is 3.88. The Hall–Kier alpha value is -0.0400. The third-order valence-electron chi connectivity index (χ3n) is 3.08. The van der Waals surface area contributed by atoms with E-state index >= 15 is 0 Å². The monoisotopic (exact) mass is 141 g/mol. The van der Waals surface area contributed by atoms with Gasteiger partial charge in [0.05, 0.1) is 0 Å². The van der Waals surface area contributed by atoms with Crippen molar-refractivity contribution in [2.45, 2.75) is 52.0 Å². The van der Waals surface area contributed by atoms with Gasteiger partial charge in [-0.15, -0.1) is 0 Å². The van der Waals surface area contributed by atoms with Gasteiger partial charge in [0.15, 0.2) is 0 Å². The van der Waals surface area contributed by atoms with Gasteiger partial charge < -0.3 is 5.73 Å². The van der Waals surface area contributed by atoms with Crippen LogP contribution in [0.3, 0.4) is 0 Å². The van der Waals surface area contributed by atoms with Gasteiger partial charge in [-0.05, 0) is 24.7 Å². The van der Waals surface area contributed by atoms with Crippen molar-refractivity contribution in [1.29, 1.82) is 0 Å². The molecule has 10 heavy (non-hydrogen) atoms. The van der Waals surface area contributed by atoms with Crippen LogP contribution < -0.4 is 5.73 Å². The fourth-order valence-electron chi connectivity index (χ4n) is 2.05. The van der Waals surface area contributed by atoms with E-state index in [0.717, 1.165) is 6.42 Å². The first-order valence-corrected chi connectivity index (χ1v) is 4.44. The fraction of sp³-hybridized carbons (Fsp3) is 1.00. The highest BCUT2D eigenvalue weighted by Crippen LogP contribution is 2.40. The molecule has 1 rings (SSSR count). The molecule has 2 N–H and O–H groups in total. The lowest BCUT2D eigenvalue weighted by Gasteiger charge is -2.30. The average molecular weight is 141 g/mol. The maximum absolute atomic E-state index is 6.01. The summed E-state index contributed by atoms with van der Waals surface area (Å²) in [6.45, 7) is 4.53. The fourth-order valence-corrected chi connectivity index (χ4v) is 2.05. The van der Waals surface area contributed by atoms with Gasteiger partial charge in [0.1, 0.15) is 0 Å². The van der Waals surface area contributed by atoms with Gasteiger partial charge in [-0.25, -0.2) is 0 Å². The summed E-state index contributed by atoms with van der Waals surface area (Å²) >= 11 is 0. The molecule has 0 heterocycles. The van der Waals surface area contributed by atoms with Crippen LogP contribution in [-0.4, -0.2) is 6.04 Å². The number of nitrogens with two attached hydrogens (primary N) is 1. The van der Waals surface area contributed by atoms with E-state index in [-0.39, 0.29) is 0 Å². The average Bonchev–Trinajstić information content (AvgIpc) is 2.36. The summed E-state index contributed by atoms with van der Waals surface area (Å²) < 4.78 is 0. The molecule has 1 nitrogen and oxygen atoms in total. The Bertz CT molecular complexity index is 103. The molecular formula is C9H19N. The van der Waals surface area contributed by atoms with Crippen LogP contribution in [0.1, 0.15) is 46.0 Å². The van der Waals surface area contributed by atoms with Crippen LogP contribution in [0.4, 0.5) is 0 Å². The van der Waals surface area contributed by atoms with E-state index in [2.05, 4.69) is 13.8 Å². The maximum Gasteiger partial charge on any atom is 0.00902 e. The van der Waals surface area contributed by atoms with Crippen molar-refractivity contribution in [3.63, 3.8) is 0 Å². The Morgan fingerprint density at radius 3 is 2.30 bits per heavy atom. The molecular weight excluding hydrogens is 122 g/mol. The highest BCUT2D eigenvalue weighted by atomic mass is 14.7. The summed E-state index contributed by atoms with van der Waals surface area (Å²) in [5.41, 5.74) is 6.49. The third kappa shape index (κ3) is 1.34. The number of hydrogen-bond acceptors (Lipinski definition) is 1. The van der Waals surface area contributed by atoms with Crippen molar-refractivity contribution in [3.8, 4) is 0 Å². The molecule has 0 saturated heterocycles. The van der Waals surface area contributed by atoms with Gasteiger partial charge in [0.25, 0.3) is 0 Å². The highest BCUT2D eigenvalue weighted by Gasteiger charge is 2.33. The first-order valence-electron chi connectivity index (χ1n) is 4.44. The van der Waals surface area contributed by atoms with Crippen molar-refractivity contribution in [2.24, 2.45) is 11.1 Å². The minimum absolute atomic E-state index is 0.440. The quantitative estimate of drug-likeness (QED) is 0.627. The zero-order valence-electron chi connectivity index (χ0n) is 7.19. The SMILES string of the molecule is CCC(N)C1(C)CCCC1. The molecule has 1 heteroatoms. The summed E-state index contributed by atoms with van der Waals surface area (Å²) in [5, 5.41) is 0. The molecule has 0 aliphatic heterocycles. The molecule has 1 fully saturated rings. The van der Waals surface area contributed by atoms with Crippen LogP contribution in [0.5, 0.6) is 0 Å². The summed E-state index contributed by atoms with van der Waals surface area (Å²) in [5.74, 6) is 0. The largest absolute Gasteiger partial charge is 0.327 e. The molecule has 0 aromatic heterocycles. The molecule has 1 saturated carbocycles. The van der Waals surface area contributed by atoms with Crippen LogP contribution in [-0.2, 0) is 0 Å². The molecule has 0 aromatic carbocycles. The van der Waals surface area contributed by atoms with E-state index in [1.54, 1.807) is 0 Å². The molecule has 0 radical (unpaired) electrons. The van der Waals surface area contributed by atoms with Gasteiger partial charge in [-0.3, -0.25) is 0 Å². The smallest absolute Gasteiger partial charge is 0.00902 e. The molecule has 0 bridgehead atoms. The zero-order chi connectivity index (χ0) is 7.61. The van der Waals surface area contributed by atoms with E-state index < -0.39 is 0 Å². The first kappa shape index (κ1) is 8.06. The number of rotatable bonds is 2. The van der Waals surface area contributed by atoms with E-state index in [1.807, 2.05) is 0 Å². The van der Waals surface area contributed by atoms with Crippen molar-refractivity contribution in [1.82, 2.24) is 0 Å². The molecule has 0 spiro atoms. The standard InChI is InChI=1S/C9H19N/c1-3-8(10)9(2)6-4-5-7-9/h8H,3-7,10H2,1-2H3. The normalized spacial score (nSPS) is 26.7. The molecule has 0 amide bonds. The van der Waals surface area contributed by atoms with Gasteiger partial charge in [0, 0.05) is 6.04 Å². The van der Waals surface area contributed by atoms with Gasteiger partial charge >= 0.3 is 0 Å². The third-order valence-corrected chi connectivity index (χ3v) is 3.08. The zero-order valence-corrected chi connectivity index (χ0v) is 7.19. The predicted molar refractivity (Wildman–Crippen MR) is 44.8 cm³/mol. The summed E-state index contributed by atoms with van der Waals surface area (Å²) in [6.07, 6.45) is 6.62. The molecule has 1 atom stereocenters. The number of hydrogen-bond donors (Lipinski definition) is 1. The molecule has 0 aromatic rings. The Labute approximate surface area is 64.0 Å². The van der Waals surface area contributed by atoms with Crippen LogP contribution in [0.25, 0.3) is 0 Å². The van der Waals surface area contributed by atoms with Crippen LogP contribution in [0, 0.1) is 5.41 Å². The van der Waals surface area contributed by atoms with Crippen LogP contribution in [0.15, 0.2) is 0 Å². The molecule has 1 aliphatic carbocycles. The lowest BCUT2D eigenvalue weighted by Crippen LogP contribution is -2.36. The van der Waals surface area contributed by atoms with Crippen molar-refractivity contribution < 1.29 is 0 Å². The minimum atomic E-state index is 0.440. The lowest BCUT2D eigenvalue weighted by molar-refractivity contribution is 0.256. The summed E-state index contributed by atoms with van der Waals surface area (Å²) in [4.78, 5) is 0. The Morgan fingerprint density at radius 1 is 1.40 bits per heavy atom. The summed E-state index contributed by atoms with van der Waals surface area (Å²) in [6, 6.07) is 0.440. The van der Waals surface area contributed by atoms with Crippen molar-refractivity contribution in [3.05, 3.63) is 0 Å². The second kappa shape index (κ2) is 2.91. The Balaban J connectivity index is 2.49. The summed E-state index contributed by atoms with van der Waals surface area (Å²) in [7, 11) is 0. The van der Waals surface area contributed by atoms with Crippen LogP contribution in [0.2, 0.25) is 0 Å². The van der Waals surface area contributed by atoms with Gasteiger partial charge in [-0.1, -0.05) is 26.7 Å². The van der Waals surface area contributed by atoms with Gasteiger partial charge in [-0.2, -0.15) is 0 Å². The Kier molecular flexibility index (Phi) is 2.35. The minimum Gasteiger partial charge on any atom is -0.327 e. The van der Waals surface area contributed by atoms with Crippen molar-refractivity contribution in [2.75, 3.05) is 0 Å². The van der Waals surface area contributed by atoms with Gasteiger partial charge in [0.2, 0.25) is 0 Å². The maximum atomic E-state index is 6.01. The van der Waals surface area contributed by atoms with E-state index in [1.165, 1.54) is 25.7 Å².